The molecule has 1 atom stereocenters. The summed E-state index contributed by atoms with van der Waals surface area (Å²) < 4.78 is 5.19. The van der Waals surface area contributed by atoms with E-state index in [0.29, 0.717) is 11.1 Å². The Labute approximate surface area is 103 Å². The van der Waals surface area contributed by atoms with E-state index in [9.17, 15) is 0 Å². The first-order valence-corrected chi connectivity index (χ1v) is 6.19. The van der Waals surface area contributed by atoms with Gasteiger partial charge in [0.15, 0.2) is 0 Å². The predicted octanol–water partition coefficient (Wildman–Crippen LogP) is 4.34. The van der Waals surface area contributed by atoms with Gasteiger partial charge in [-0.1, -0.05) is 31.9 Å². The Morgan fingerprint density at radius 1 is 1.38 bits per heavy atom. The topological polar surface area (TPSA) is 21.3 Å². The van der Waals surface area contributed by atoms with E-state index in [4.69, 9.17) is 16.3 Å². The lowest BCUT2D eigenvalue weighted by Gasteiger charge is -2.18. The highest BCUT2D eigenvalue weighted by Crippen LogP contribution is 2.28. The molecule has 90 valence electrons. The third-order valence-corrected chi connectivity index (χ3v) is 2.96. The van der Waals surface area contributed by atoms with Gasteiger partial charge in [0.25, 0.3) is 0 Å². The lowest BCUT2D eigenvalue weighted by molar-refractivity contribution is 0.415. The van der Waals surface area contributed by atoms with Gasteiger partial charge in [0.05, 0.1) is 12.1 Å². The zero-order chi connectivity index (χ0) is 12.0. The van der Waals surface area contributed by atoms with Gasteiger partial charge in [0, 0.05) is 17.8 Å². The van der Waals surface area contributed by atoms with E-state index in [1.54, 1.807) is 7.11 Å². The molecule has 2 nitrogen and oxygen atoms in total. The predicted molar refractivity (Wildman–Crippen MR) is 70.6 cm³/mol. The fourth-order valence-corrected chi connectivity index (χ4v) is 1.91. The van der Waals surface area contributed by atoms with Crippen LogP contribution >= 0.6 is 11.6 Å². The molecule has 0 aliphatic carbocycles. The van der Waals surface area contributed by atoms with Crippen molar-refractivity contribution < 1.29 is 4.74 Å². The van der Waals surface area contributed by atoms with Crippen molar-refractivity contribution >= 4 is 17.3 Å². The molecule has 0 radical (unpaired) electrons. The minimum absolute atomic E-state index is 0.524. The van der Waals surface area contributed by atoms with Crippen LogP contribution in [0.25, 0.3) is 0 Å². The molecule has 0 spiro atoms. The standard InChI is InChI=1S/C13H20ClNO/c1-4-6-10(5-2)15-11-7-8-12(14)13(9-11)16-3/h7-10,15H,4-6H2,1-3H3. The summed E-state index contributed by atoms with van der Waals surface area (Å²) in [5.41, 5.74) is 1.07. The number of hydrogen-bond donors (Lipinski definition) is 1. The number of rotatable bonds is 6. The highest BCUT2D eigenvalue weighted by Gasteiger charge is 2.06. The monoisotopic (exact) mass is 241 g/mol. The summed E-state index contributed by atoms with van der Waals surface area (Å²) in [6.07, 6.45) is 3.50. The Kier molecular flexibility index (Phi) is 5.47. The molecule has 0 aliphatic heterocycles. The van der Waals surface area contributed by atoms with Gasteiger partial charge in [0.2, 0.25) is 0 Å². The maximum absolute atomic E-state index is 5.98. The molecule has 0 bridgehead atoms. The van der Waals surface area contributed by atoms with Gasteiger partial charge in [-0.2, -0.15) is 0 Å². The smallest absolute Gasteiger partial charge is 0.139 e. The summed E-state index contributed by atoms with van der Waals surface area (Å²) in [5, 5.41) is 4.14. The zero-order valence-electron chi connectivity index (χ0n) is 10.2. The van der Waals surface area contributed by atoms with Gasteiger partial charge < -0.3 is 10.1 Å². The number of nitrogens with one attached hydrogen (secondary N) is 1. The molecule has 0 aliphatic rings. The van der Waals surface area contributed by atoms with Crippen LogP contribution in [0.5, 0.6) is 5.75 Å². The summed E-state index contributed by atoms with van der Waals surface area (Å²) in [6.45, 7) is 4.40. The van der Waals surface area contributed by atoms with Crippen LogP contribution in [0.1, 0.15) is 33.1 Å². The molecule has 0 amide bonds. The number of benzene rings is 1. The van der Waals surface area contributed by atoms with Gasteiger partial charge >= 0.3 is 0 Å². The van der Waals surface area contributed by atoms with E-state index in [0.717, 1.165) is 17.9 Å². The number of hydrogen-bond acceptors (Lipinski definition) is 2. The Bertz CT molecular complexity index is 328. The lowest BCUT2D eigenvalue weighted by atomic mass is 10.1. The summed E-state index contributed by atoms with van der Waals surface area (Å²) in [5.74, 6) is 0.720. The summed E-state index contributed by atoms with van der Waals surface area (Å²) >= 11 is 5.98. The molecule has 1 rings (SSSR count). The molecule has 1 N–H and O–H groups in total. The molecule has 0 saturated carbocycles. The van der Waals surface area contributed by atoms with Crippen LogP contribution in [0.15, 0.2) is 18.2 Å². The molecule has 1 aromatic carbocycles. The average molecular weight is 242 g/mol. The van der Waals surface area contributed by atoms with Gasteiger partial charge in [-0.05, 0) is 25.0 Å². The number of anilines is 1. The fourth-order valence-electron chi connectivity index (χ4n) is 1.71. The number of methoxy groups -OCH3 is 1. The fraction of sp³-hybridized carbons (Fsp3) is 0.538. The summed E-state index contributed by atoms with van der Waals surface area (Å²) in [4.78, 5) is 0. The quantitative estimate of drug-likeness (QED) is 0.800. The Morgan fingerprint density at radius 2 is 2.12 bits per heavy atom. The van der Waals surface area contributed by atoms with Crippen molar-refractivity contribution in [3.05, 3.63) is 23.2 Å². The molecule has 16 heavy (non-hydrogen) atoms. The van der Waals surface area contributed by atoms with E-state index in [1.165, 1.54) is 12.8 Å². The Hall–Kier alpha value is -0.890. The first-order valence-electron chi connectivity index (χ1n) is 5.81. The first-order chi connectivity index (χ1) is 7.71. The van der Waals surface area contributed by atoms with Crippen LogP contribution in [-0.4, -0.2) is 13.2 Å². The highest BCUT2D eigenvalue weighted by atomic mass is 35.5. The molecule has 0 heterocycles. The molecule has 0 fully saturated rings. The second-order valence-corrected chi connectivity index (χ2v) is 4.29. The third kappa shape index (κ3) is 3.60. The van der Waals surface area contributed by atoms with E-state index >= 15 is 0 Å². The number of halogens is 1. The molecule has 0 saturated heterocycles. The molecular weight excluding hydrogens is 222 g/mol. The highest BCUT2D eigenvalue weighted by molar-refractivity contribution is 6.32. The van der Waals surface area contributed by atoms with Gasteiger partial charge in [0.1, 0.15) is 5.75 Å². The zero-order valence-corrected chi connectivity index (χ0v) is 11.0. The second kappa shape index (κ2) is 6.64. The van der Waals surface area contributed by atoms with Crippen LogP contribution in [0, 0.1) is 0 Å². The first kappa shape index (κ1) is 13.2. The normalized spacial score (nSPS) is 12.2. The number of ether oxygens (including phenoxy) is 1. The van der Waals surface area contributed by atoms with Crippen LogP contribution in [0.4, 0.5) is 5.69 Å². The van der Waals surface area contributed by atoms with Crippen molar-refractivity contribution in [3.63, 3.8) is 0 Å². The Morgan fingerprint density at radius 3 is 2.69 bits per heavy atom. The summed E-state index contributed by atoms with van der Waals surface area (Å²) in [6, 6.07) is 6.32. The van der Waals surface area contributed by atoms with E-state index in [-0.39, 0.29) is 0 Å². The molecule has 1 aromatic rings. The van der Waals surface area contributed by atoms with Crippen molar-refractivity contribution in [2.75, 3.05) is 12.4 Å². The SMILES string of the molecule is CCCC(CC)Nc1ccc(Cl)c(OC)c1. The van der Waals surface area contributed by atoms with Crippen molar-refractivity contribution in [1.82, 2.24) is 0 Å². The van der Waals surface area contributed by atoms with Gasteiger partial charge in [-0.25, -0.2) is 0 Å². The molecule has 3 heteroatoms. The maximum Gasteiger partial charge on any atom is 0.139 e. The van der Waals surface area contributed by atoms with Crippen molar-refractivity contribution in [2.24, 2.45) is 0 Å². The van der Waals surface area contributed by atoms with E-state index in [1.807, 2.05) is 18.2 Å². The second-order valence-electron chi connectivity index (χ2n) is 3.89. The molecule has 1 unspecified atom stereocenters. The third-order valence-electron chi connectivity index (χ3n) is 2.65. The largest absolute Gasteiger partial charge is 0.495 e. The van der Waals surface area contributed by atoms with Crippen molar-refractivity contribution in [1.29, 1.82) is 0 Å². The molecule has 0 aromatic heterocycles. The van der Waals surface area contributed by atoms with E-state index in [2.05, 4.69) is 19.2 Å². The molecular formula is C13H20ClNO. The van der Waals surface area contributed by atoms with Crippen LogP contribution in [0.2, 0.25) is 5.02 Å². The van der Waals surface area contributed by atoms with Crippen molar-refractivity contribution in [2.45, 2.75) is 39.2 Å². The lowest BCUT2D eigenvalue weighted by Crippen LogP contribution is -2.17. The van der Waals surface area contributed by atoms with Gasteiger partial charge in [-0.3, -0.25) is 0 Å². The van der Waals surface area contributed by atoms with Gasteiger partial charge in [-0.15, -0.1) is 0 Å². The van der Waals surface area contributed by atoms with E-state index < -0.39 is 0 Å². The van der Waals surface area contributed by atoms with Crippen LogP contribution in [-0.2, 0) is 0 Å². The minimum atomic E-state index is 0.524. The Balaban J connectivity index is 2.72. The summed E-state index contributed by atoms with van der Waals surface area (Å²) in [7, 11) is 1.63. The van der Waals surface area contributed by atoms with Crippen LogP contribution in [0.3, 0.4) is 0 Å². The van der Waals surface area contributed by atoms with Crippen LogP contribution < -0.4 is 10.1 Å². The maximum atomic E-state index is 5.98. The average Bonchev–Trinajstić information content (AvgIpc) is 2.30. The minimum Gasteiger partial charge on any atom is -0.495 e. The van der Waals surface area contributed by atoms with Crippen molar-refractivity contribution in [3.8, 4) is 5.75 Å².